The van der Waals surface area contributed by atoms with Crippen LogP contribution >= 0.6 is 0 Å². The van der Waals surface area contributed by atoms with E-state index in [1.165, 1.54) is 0 Å². The number of amides is 2. The molecule has 6 N–H and O–H groups in total. The van der Waals surface area contributed by atoms with Crippen molar-refractivity contribution in [1.82, 2.24) is 10.3 Å². The van der Waals surface area contributed by atoms with Gasteiger partial charge < -0.3 is 26.8 Å². The number of hydrogen-bond acceptors (Lipinski definition) is 6. The number of carbonyl (C=O) groups is 3. The van der Waals surface area contributed by atoms with E-state index >= 15 is 0 Å². The number of primary amides is 1. The van der Waals surface area contributed by atoms with Gasteiger partial charge in [0.05, 0.1) is 5.69 Å². The number of benzene rings is 2. The van der Waals surface area contributed by atoms with Crippen LogP contribution in [0.4, 0.5) is 5.69 Å². The highest BCUT2D eigenvalue weighted by molar-refractivity contribution is 6.01. The number of hydrogen-bond donors (Lipinski definition) is 4. The number of rotatable bonds is 10. The molecule has 0 spiro atoms. The minimum atomic E-state index is -1.12. The quantitative estimate of drug-likeness (QED) is 0.306. The minimum absolute atomic E-state index is 0.0767. The minimum Gasteiger partial charge on any atom is -0.480 e. The van der Waals surface area contributed by atoms with Crippen LogP contribution in [0.5, 0.6) is 0 Å². The van der Waals surface area contributed by atoms with Gasteiger partial charge in [-0.2, -0.15) is 0 Å². The molecule has 9 heteroatoms. The fraction of sp³-hybridized carbons (Fsp3) is 0.355. The van der Waals surface area contributed by atoms with Gasteiger partial charge in [0.1, 0.15) is 6.04 Å². The molecule has 1 fully saturated rings. The number of carbonyl (C=O) groups excluding carboxylic acids is 2. The zero-order valence-corrected chi connectivity index (χ0v) is 23.0. The summed E-state index contributed by atoms with van der Waals surface area (Å²) in [5.41, 5.74) is 16.6. The first-order valence-corrected chi connectivity index (χ1v) is 13.6. The van der Waals surface area contributed by atoms with Crippen molar-refractivity contribution in [3.8, 4) is 0 Å². The lowest BCUT2D eigenvalue weighted by Gasteiger charge is -2.36. The Kier molecular flexibility index (Phi) is 9.16. The number of nitrogens with zero attached hydrogens (tertiary/aromatic N) is 2. The lowest BCUT2D eigenvalue weighted by atomic mass is 9.87. The van der Waals surface area contributed by atoms with Crippen molar-refractivity contribution in [3.63, 3.8) is 0 Å². The molecule has 2 atom stereocenters. The Morgan fingerprint density at radius 3 is 2.38 bits per heavy atom. The SMILES string of the molecule is CCc1cc(C(N)=O)cc(C)c1C(=O)NC(Cc1ccc(N2CCC(C(N)c3ccccn3)CC2)cc1)C(=O)O. The van der Waals surface area contributed by atoms with Crippen LogP contribution in [-0.4, -0.2) is 47.0 Å². The molecule has 0 aliphatic carbocycles. The van der Waals surface area contributed by atoms with E-state index < -0.39 is 23.8 Å². The third kappa shape index (κ3) is 6.66. The second-order valence-electron chi connectivity index (χ2n) is 10.4. The summed E-state index contributed by atoms with van der Waals surface area (Å²) in [7, 11) is 0. The summed E-state index contributed by atoms with van der Waals surface area (Å²) in [6.45, 7) is 5.34. The summed E-state index contributed by atoms with van der Waals surface area (Å²) >= 11 is 0. The zero-order chi connectivity index (χ0) is 28.8. The number of aryl methyl sites for hydroxylation is 2. The number of piperidine rings is 1. The van der Waals surface area contributed by atoms with E-state index in [0.29, 0.717) is 34.6 Å². The Morgan fingerprint density at radius 1 is 1.10 bits per heavy atom. The average molecular weight is 544 g/mol. The maximum atomic E-state index is 13.1. The van der Waals surface area contributed by atoms with Crippen molar-refractivity contribution in [2.45, 2.75) is 51.6 Å². The Bertz CT molecular complexity index is 1350. The maximum absolute atomic E-state index is 13.1. The number of aromatic nitrogens is 1. The second kappa shape index (κ2) is 12.7. The number of pyridine rings is 1. The summed E-state index contributed by atoms with van der Waals surface area (Å²) in [5, 5.41) is 12.5. The Morgan fingerprint density at radius 2 is 1.80 bits per heavy atom. The average Bonchev–Trinajstić information content (AvgIpc) is 2.96. The molecule has 0 bridgehead atoms. The lowest BCUT2D eigenvalue weighted by Crippen LogP contribution is -2.43. The molecule has 1 aliphatic rings. The lowest BCUT2D eigenvalue weighted by molar-refractivity contribution is -0.139. The maximum Gasteiger partial charge on any atom is 0.326 e. The summed E-state index contributed by atoms with van der Waals surface area (Å²) in [6.07, 6.45) is 4.34. The van der Waals surface area contributed by atoms with Crippen molar-refractivity contribution in [2.24, 2.45) is 17.4 Å². The fourth-order valence-electron chi connectivity index (χ4n) is 5.45. The molecule has 0 radical (unpaired) electrons. The molecule has 2 amide bonds. The Hall–Kier alpha value is -4.24. The highest BCUT2D eigenvalue weighted by atomic mass is 16.4. The number of anilines is 1. The van der Waals surface area contributed by atoms with E-state index in [2.05, 4.69) is 15.2 Å². The van der Waals surface area contributed by atoms with Crippen LogP contribution in [0.2, 0.25) is 0 Å². The van der Waals surface area contributed by atoms with Crippen molar-refractivity contribution >= 4 is 23.5 Å². The van der Waals surface area contributed by atoms with Gasteiger partial charge in [-0.25, -0.2) is 4.79 Å². The molecule has 2 heterocycles. The summed E-state index contributed by atoms with van der Waals surface area (Å²) in [5.74, 6) is -1.81. The van der Waals surface area contributed by atoms with Gasteiger partial charge in [-0.15, -0.1) is 0 Å². The number of aliphatic carboxylic acids is 1. The molecule has 9 nitrogen and oxygen atoms in total. The van der Waals surface area contributed by atoms with Crippen LogP contribution in [0.1, 0.15) is 68.9 Å². The van der Waals surface area contributed by atoms with Crippen LogP contribution in [-0.2, 0) is 17.6 Å². The van der Waals surface area contributed by atoms with Crippen molar-refractivity contribution in [2.75, 3.05) is 18.0 Å². The molecule has 0 saturated carbocycles. The highest BCUT2D eigenvalue weighted by Gasteiger charge is 2.27. The van der Waals surface area contributed by atoms with E-state index in [1.807, 2.05) is 49.4 Å². The van der Waals surface area contributed by atoms with Crippen LogP contribution in [0.25, 0.3) is 0 Å². The first kappa shape index (κ1) is 28.8. The van der Waals surface area contributed by atoms with E-state index in [-0.39, 0.29) is 12.5 Å². The smallest absolute Gasteiger partial charge is 0.326 e. The standard InChI is InChI=1S/C31H37N5O4/c1-3-21-18-23(29(33)37)16-19(2)27(21)30(38)35-26(31(39)40)17-20-7-9-24(10-8-20)36-14-11-22(12-15-36)28(32)25-6-4-5-13-34-25/h4-10,13,16,18,22,26,28H,3,11-12,14-15,17,32H2,1-2H3,(H2,33,37)(H,35,38)(H,39,40). The van der Waals surface area contributed by atoms with Crippen molar-refractivity contribution in [3.05, 3.63) is 94.3 Å². The third-order valence-corrected chi connectivity index (χ3v) is 7.73. The van der Waals surface area contributed by atoms with E-state index in [1.54, 1.807) is 25.3 Å². The van der Waals surface area contributed by atoms with Gasteiger partial charge in [-0.05, 0) is 85.2 Å². The van der Waals surface area contributed by atoms with Crippen molar-refractivity contribution in [1.29, 1.82) is 0 Å². The van der Waals surface area contributed by atoms with Gasteiger partial charge in [0.15, 0.2) is 0 Å². The first-order chi connectivity index (χ1) is 19.2. The van der Waals surface area contributed by atoms with Gasteiger partial charge in [-0.3, -0.25) is 14.6 Å². The van der Waals surface area contributed by atoms with Gasteiger partial charge in [0.25, 0.3) is 5.91 Å². The fourth-order valence-corrected chi connectivity index (χ4v) is 5.45. The Labute approximate surface area is 234 Å². The second-order valence-corrected chi connectivity index (χ2v) is 10.4. The van der Waals surface area contributed by atoms with Crippen LogP contribution < -0.4 is 21.7 Å². The highest BCUT2D eigenvalue weighted by Crippen LogP contribution is 2.30. The molecule has 2 aromatic carbocycles. The zero-order valence-electron chi connectivity index (χ0n) is 23.0. The Balaban J connectivity index is 1.38. The number of nitrogens with two attached hydrogens (primary N) is 2. The summed E-state index contributed by atoms with van der Waals surface area (Å²) < 4.78 is 0. The van der Waals surface area contributed by atoms with E-state index in [0.717, 1.165) is 42.9 Å². The molecule has 40 heavy (non-hydrogen) atoms. The number of carboxylic acid groups (broad SMARTS) is 1. The van der Waals surface area contributed by atoms with E-state index in [9.17, 15) is 19.5 Å². The van der Waals surface area contributed by atoms with Crippen molar-refractivity contribution < 1.29 is 19.5 Å². The largest absolute Gasteiger partial charge is 0.480 e. The van der Waals surface area contributed by atoms with Gasteiger partial charge in [-0.1, -0.05) is 25.1 Å². The molecule has 2 unspecified atom stereocenters. The molecule has 210 valence electrons. The molecule has 4 rings (SSSR count). The molecule has 1 saturated heterocycles. The summed E-state index contributed by atoms with van der Waals surface area (Å²) in [6, 6.07) is 15.6. The molecular formula is C31H37N5O4. The molecule has 1 aliphatic heterocycles. The van der Waals surface area contributed by atoms with Crippen LogP contribution in [0, 0.1) is 12.8 Å². The topological polar surface area (TPSA) is 152 Å². The first-order valence-electron chi connectivity index (χ1n) is 13.6. The van der Waals surface area contributed by atoms with Crippen LogP contribution in [0.3, 0.4) is 0 Å². The van der Waals surface area contributed by atoms with Gasteiger partial charge in [0, 0.05) is 48.6 Å². The normalized spacial score (nSPS) is 15.3. The van der Waals surface area contributed by atoms with Gasteiger partial charge >= 0.3 is 5.97 Å². The van der Waals surface area contributed by atoms with E-state index in [4.69, 9.17) is 11.5 Å². The number of nitrogens with one attached hydrogen (secondary N) is 1. The van der Waals surface area contributed by atoms with Crippen LogP contribution in [0.15, 0.2) is 60.8 Å². The summed E-state index contributed by atoms with van der Waals surface area (Å²) in [4.78, 5) is 43.6. The molecular weight excluding hydrogens is 506 g/mol. The number of carboxylic acids is 1. The predicted molar refractivity (Wildman–Crippen MR) is 154 cm³/mol. The molecule has 1 aromatic heterocycles. The monoisotopic (exact) mass is 543 g/mol. The third-order valence-electron chi connectivity index (χ3n) is 7.73. The molecule has 3 aromatic rings. The predicted octanol–water partition coefficient (Wildman–Crippen LogP) is 3.39. The van der Waals surface area contributed by atoms with Gasteiger partial charge in [0.2, 0.25) is 5.91 Å².